The molecule has 3 rings (SSSR count). The predicted octanol–water partition coefficient (Wildman–Crippen LogP) is 3.11. The fraction of sp³-hybridized carbons (Fsp3) is 0.478. The van der Waals surface area contributed by atoms with Crippen LogP contribution in [0.25, 0.3) is 0 Å². The summed E-state index contributed by atoms with van der Waals surface area (Å²) in [7, 11) is 1.69. The highest BCUT2D eigenvalue weighted by atomic mass is 127. The van der Waals surface area contributed by atoms with Crippen molar-refractivity contribution in [3.05, 3.63) is 53.7 Å². The van der Waals surface area contributed by atoms with E-state index in [9.17, 15) is 0 Å². The van der Waals surface area contributed by atoms with Gasteiger partial charge in [-0.1, -0.05) is 31.2 Å². The van der Waals surface area contributed by atoms with Crippen molar-refractivity contribution in [2.75, 3.05) is 51.3 Å². The SMILES string of the molecule is CCNC(=NCc1ccc(N2CCN(CC)CC2)nc1)NCc1ccccc1OC.I. The summed E-state index contributed by atoms with van der Waals surface area (Å²) in [4.78, 5) is 14.2. The molecular weight excluding hydrogens is 503 g/mol. The number of benzene rings is 1. The Labute approximate surface area is 203 Å². The minimum atomic E-state index is 0. The minimum Gasteiger partial charge on any atom is -0.496 e. The maximum Gasteiger partial charge on any atom is 0.191 e. The second kappa shape index (κ2) is 13.4. The third kappa shape index (κ3) is 7.53. The van der Waals surface area contributed by atoms with Gasteiger partial charge < -0.3 is 25.2 Å². The number of methoxy groups -OCH3 is 1. The van der Waals surface area contributed by atoms with Crippen molar-refractivity contribution in [1.82, 2.24) is 20.5 Å². The molecule has 1 fully saturated rings. The Kier molecular flexibility index (Phi) is 10.9. The van der Waals surface area contributed by atoms with Crippen molar-refractivity contribution in [2.45, 2.75) is 26.9 Å². The van der Waals surface area contributed by atoms with E-state index < -0.39 is 0 Å². The minimum absolute atomic E-state index is 0. The fourth-order valence-corrected chi connectivity index (χ4v) is 3.53. The van der Waals surface area contributed by atoms with E-state index in [1.54, 1.807) is 7.11 Å². The summed E-state index contributed by atoms with van der Waals surface area (Å²) in [5, 5.41) is 6.68. The van der Waals surface area contributed by atoms with Crippen molar-refractivity contribution in [1.29, 1.82) is 0 Å². The molecule has 170 valence electrons. The molecular formula is C23H35IN6O. The Morgan fingerprint density at radius 1 is 1.06 bits per heavy atom. The third-order valence-corrected chi connectivity index (χ3v) is 5.36. The van der Waals surface area contributed by atoms with Gasteiger partial charge >= 0.3 is 0 Å². The average molecular weight is 538 g/mol. The Hall–Kier alpha value is -2.07. The molecule has 0 spiro atoms. The molecule has 0 bridgehead atoms. The summed E-state index contributed by atoms with van der Waals surface area (Å²) >= 11 is 0. The number of hydrogen-bond donors (Lipinski definition) is 2. The number of hydrogen-bond acceptors (Lipinski definition) is 5. The van der Waals surface area contributed by atoms with E-state index in [-0.39, 0.29) is 24.0 Å². The second-order valence-electron chi connectivity index (χ2n) is 7.31. The van der Waals surface area contributed by atoms with E-state index in [0.717, 1.165) is 67.9 Å². The van der Waals surface area contributed by atoms with Gasteiger partial charge in [0.2, 0.25) is 0 Å². The van der Waals surface area contributed by atoms with Gasteiger partial charge in [-0.15, -0.1) is 24.0 Å². The number of rotatable bonds is 8. The van der Waals surface area contributed by atoms with Crippen LogP contribution in [0.1, 0.15) is 25.0 Å². The maximum atomic E-state index is 5.43. The number of aliphatic imine (C=N–C) groups is 1. The number of halogens is 1. The van der Waals surface area contributed by atoms with Crippen LogP contribution in [0.15, 0.2) is 47.6 Å². The molecule has 0 unspecified atom stereocenters. The van der Waals surface area contributed by atoms with Crippen molar-refractivity contribution < 1.29 is 4.74 Å². The number of piperazine rings is 1. The highest BCUT2D eigenvalue weighted by Gasteiger charge is 2.16. The Balaban J connectivity index is 0.00000341. The molecule has 1 aromatic heterocycles. The van der Waals surface area contributed by atoms with E-state index in [4.69, 9.17) is 9.73 Å². The molecule has 31 heavy (non-hydrogen) atoms. The second-order valence-corrected chi connectivity index (χ2v) is 7.31. The van der Waals surface area contributed by atoms with Crippen LogP contribution in [0, 0.1) is 0 Å². The van der Waals surface area contributed by atoms with Crippen LogP contribution in [0.4, 0.5) is 5.82 Å². The summed E-state index contributed by atoms with van der Waals surface area (Å²) < 4.78 is 5.43. The van der Waals surface area contributed by atoms with E-state index in [1.807, 2.05) is 24.4 Å². The fourth-order valence-electron chi connectivity index (χ4n) is 3.53. The predicted molar refractivity (Wildman–Crippen MR) is 139 cm³/mol. The van der Waals surface area contributed by atoms with E-state index in [2.05, 4.69) is 57.5 Å². The zero-order valence-electron chi connectivity index (χ0n) is 18.8. The molecule has 1 aromatic carbocycles. The summed E-state index contributed by atoms with van der Waals surface area (Å²) in [6, 6.07) is 12.2. The van der Waals surface area contributed by atoms with Crippen LogP contribution >= 0.6 is 24.0 Å². The molecule has 0 saturated carbocycles. The quantitative estimate of drug-likeness (QED) is 0.306. The zero-order chi connectivity index (χ0) is 21.2. The topological polar surface area (TPSA) is 65.0 Å². The zero-order valence-corrected chi connectivity index (χ0v) is 21.1. The van der Waals surface area contributed by atoms with Crippen LogP contribution in [-0.4, -0.2) is 62.2 Å². The number of ether oxygens (including phenoxy) is 1. The number of nitrogens with one attached hydrogen (secondary N) is 2. The smallest absolute Gasteiger partial charge is 0.191 e. The molecule has 0 radical (unpaired) electrons. The van der Waals surface area contributed by atoms with Gasteiger partial charge in [0.1, 0.15) is 11.6 Å². The van der Waals surface area contributed by atoms with E-state index in [1.165, 1.54) is 0 Å². The lowest BCUT2D eigenvalue weighted by Gasteiger charge is -2.34. The van der Waals surface area contributed by atoms with Crippen LogP contribution in [0.2, 0.25) is 0 Å². The first-order chi connectivity index (χ1) is 14.7. The maximum absolute atomic E-state index is 5.43. The van der Waals surface area contributed by atoms with Crippen molar-refractivity contribution in [2.24, 2.45) is 4.99 Å². The molecule has 8 heteroatoms. The van der Waals surface area contributed by atoms with E-state index >= 15 is 0 Å². The lowest BCUT2D eigenvalue weighted by atomic mass is 10.2. The monoisotopic (exact) mass is 538 g/mol. The number of nitrogens with zero attached hydrogens (tertiary/aromatic N) is 4. The van der Waals surface area contributed by atoms with E-state index in [0.29, 0.717) is 13.1 Å². The first-order valence-corrected chi connectivity index (χ1v) is 10.8. The number of anilines is 1. The van der Waals surface area contributed by atoms with Gasteiger partial charge in [-0.3, -0.25) is 0 Å². The number of aromatic nitrogens is 1. The summed E-state index contributed by atoms with van der Waals surface area (Å²) in [5.74, 6) is 2.71. The lowest BCUT2D eigenvalue weighted by Crippen LogP contribution is -2.46. The van der Waals surface area contributed by atoms with Gasteiger partial charge in [0.25, 0.3) is 0 Å². The van der Waals surface area contributed by atoms with Gasteiger partial charge in [0.15, 0.2) is 5.96 Å². The molecule has 7 nitrogen and oxygen atoms in total. The van der Waals surface area contributed by atoms with Gasteiger partial charge in [0, 0.05) is 51.0 Å². The van der Waals surface area contributed by atoms with Crippen molar-refractivity contribution >= 4 is 35.8 Å². The third-order valence-electron chi connectivity index (χ3n) is 5.36. The van der Waals surface area contributed by atoms with Gasteiger partial charge in [-0.25, -0.2) is 9.98 Å². The lowest BCUT2D eigenvalue weighted by molar-refractivity contribution is 0.270. The molecule has 2 N–H and O–H groups in total. The first-order valence-electron chi connectivity index (χ1n) is 10.8. The molecule has 2 heterocycles. The molecule has 0 atom stereocenters. The molecule has 1 aliphatic heterocycles. The molecule has 0 amide bonds. The Morgan fingerprint density at radius 3 is 2.48 bits per heavy atom. The highest BCUT2D eigenvalue weighted by Crippen LogP contribution is 2.17. The Bertz CT molecular complexity index is 806. The first kappa shape index (κ1) is 25.2. The Morgan fingerprint density at radius 2 is 1.84 bits per heavy atom. The largest absolute Gasteiger partial charge is 0.496 e. The number of pyridine rings is 1. The standard InChI is InChI=1S/C23H34N6O.HI/c1-4-24-23(27-18-20-8-6-7-9-21(20)30-3)26-17-19-10-11-22(25-16-19)29-14-12-28(5-2)13-15-29;/h6-11,16H,4-5,12-15,17-18H2,1-3H3,(H2,24,26,27);1H. The normalized spacial score (nSPS) is 14.7. The highest BCUT2D eigenvalue weighted by molar-refractivity contribution is 14.0. The number of para-hydroxylation sites is 1. The summed E-state index contributed by atoms with van der Waals surface area (Å²) in [6.45, 7) is 11.7. The molecule has 0 aliphatic carbocycles. The van der Waals surface area contributed by atoms with Gasteiger partial charge in [0.05, 0.1) is 13.7 Å². The van der Waals surface area contributed by atoms with Crippen LogP contribution in [0.3, 0.4) is 0 Å². The number of guanidine groups is 1. The average Bonchev–Trinajstić information content (AvgIpc) is 2.81. The van der Waals surface area contributed by atoms with Crippen LogP contribution in [-0.2, 0) is 13.1 Å². The van der Waals surface area contributed by atoms with Crippen LogP contribution < -0.4 is 20.3 Å². The summed E-state index contributed by atoms with van der Waals surface area (Å²) in [6.07, 6.45) is 1.94. The molecule has 1 aliphatic rings. The molecule has 1 saturated heterocycles. The summed E-state index contributed by atoms with van der Waals surface area (Å²) in [5.41, 5.74) is 2.19. The molecule has 2 aromatic rings. The number of likely N-dealkylation sites (N-methyl/N-ethyl adjacent to an activating group) is 1. The van der Waals surface area contributed by atoms with Crippen molar-refractivity contribution in [3.8, 4) is 5.75 Å². The van der Waals surface area contributed by atoms with Gasteiger partial charge in [-0.05, 0) is 31.2 Å². The van der Waals surface area contributed by atoms with Gasteiger partial charge in [-0.2, -0.15) is 0 Å². The van der Waals surface area contributed by atoms with Crippen molar-refractivity contribution in [3.63, 3.8) is 0 Å². The van der Waals surface area contributed by atoms with Crippen LogP contribution in [0.5, 0.6) is 5.75 Å².